The van der Waals surface area contributed by atoms with Crippen molar-refractivity contribution in [3.05, 3.63) is 88.2 Å². The first-order valence-corrected chi connectivity index (χ1v) is 15.5. The SMILES string of the molecule is C=CC(=O)N1C[C@@H]2CN(CC(=O)OC)c3c(c4cc(F)c5c(F)c4n(c3=O)-c3c(C)ccnc3C(C)Oc3cccc(F)c3-5)N2C[C@H]1C. The van der Waals surface area contributed by atoms with Gasteiger partial charge in [0.15, 0.2) is 5.82 Å². The van der Waals surface area contributed by atoms with E-state index in [0.29, 0.717) is 5.56 Å². The number of hydrogen-bond acceptors (Lipinski definition) is 8. The van der Waals surface area contributed by atoms with Crippen LogP contribution in [0.4, 0.5) is 24.5 Å². The molecule has 1 unspecified atom stereocenters. The van der Waals surface area contributed by atoms with Crippen LogP contribution in [0.5, 0.6) is 5.75 Å². The molecule has 48 heavy (non-hydrogen) atoms. The summed E-state index contributed by atoms with van der Waals surface area (Å²) in [6.07, 6.45) is 1.86. The van der Waals surface area contributed by atoms with Gasteiger partial charge >= 0.3 is 5.97 Å². The van der Waals surface area contributed by atoms with Crippen LogP contribution in [-0.2, 0) is 14.3 Å². The van der Waals surface area contributed by atoms with E-state index in [-0.39, 0.29) is 77.5 Å². The average molecular weight is 660 g/mol. The predicted octanol–water partition coefficient (Wildman–Crippen LogP) is 4.82. The molecule has 3 aliphatic rings. The molecule has 248 valence electrons. The van der Waals surface area contributed by atoms with Gasteiger partial charge in [0.05, 0.1) is 41.2 Å². The highest BCUT2D eigenvalue weighted by Crippen LogP contribution is 2.47. The molecule has 1 amide bonds. The van der Waals surface area contributed by atoms with Crippen molar-refractivity contribution in [3.8, 4) is 22.6 Å². The number of piperazine rings is 1. The molecule has 10 nitrogen and oxygen atoms in total. The average Bonchev–Trinajstić information content (AvgIpc) is 3.05. The van der Waals surface area contributed by atoms with Crippen LogP contribution in [-0.4, -0.2) is 71.7 Å². The molecule has 0 saturated carbocycles. The number of halogens is 3. The number of methoxy groups -OCH3 is 1. The fourth-order valence-electron chi connectivity index (χ4n) is 7.32. The van der Waals surface area contributed by atoms with E-state index in [2.05, 4.69) is 11.6 Å². The van der Waals surface area contributed by atoms with Crippen molar-refractivity contribution in [1.82, 2.24) is 14.5 Å². The predicted molar refractivity (Wildman–Crippen MR) is 173 cm³/mol. The maximum Gasteiger partial charge on any atom is 0.325 e. The largest absolute Gasteiger partial charge is 0.484 e. The number of aromatic nitrogens is 2. The maximum absolute atomic E-state index is 17.3. The molecule has 2 bridgehead atoms. The molecular formula is C35H32F3N5O5. The Balaban J connectivity index is 1.65. The zero-order valence-electron chi connectivity index (χ0n) is 26.7. The number of nitrogens with zero attached hydrogens (tertiary/aromatic N) is 5. The number of ether oxygens (including phenoxy) is 2. The number of hydrogen-bond donors (Lipinski definition) is 0. The Hall–Kier alpha value is -5.33. The summed E-state index contributed by atoms with van der Waals surface area (Å²) in [6, 6.07) is 5.80. The van der Waals surface area contributed by atoms with Gasteiger partial charge in [-0.3, -0.25) is 23.9 Å². The molecule has 0 radical (unpaired) electrons. The summed E-state index contributed by atoms with van der Waals surface area (Å²) in [5.74, 6) is -4.18. The highest BCUT2D eigenvalue weighted by molar-refractivity contribution is 6.04. The number of carbonyl (C=O) groups excluding carboxylic acids is 2. The maximum atomic E-state index is 17.3. The monoisotopic (exact) mass is 659 g/mol. The third-order valence-electron chi connectivity index (χ3n) is 9.47. The van der Waals surface area contributed by atoms with Gasteiger partial charge in [0.25, 0.3) is 5.56 Å². The smallest absolute Gasteiger partial charge is 0.325 e. The van der Waals surface area contributed by atoms with Crippen LogP contribution in [0.3, 0.4) is 0 Å². The minimum absolute atomic E-state index is 0.0258. The second-order valence-electron chi connectivity index (χ2n) is 12.3. The lowest BCUT2D eigenvalue weighted by atomic mass is 9.94. The van der Waals surface area contributed by atoms with E-state index in [9.17, 15) is 9.59 Å². The lowest BCUT2D eigenvalue weighted by Crippen LogP contribution is -2.64. The van der Waals surface area contributed by atoms with Gasteiger partial charge in [0.2, 0.25) is 5.91 Å². The number of anilines is 2. The van der Waals surface area contributed by atoms with E-state index in [1.165, 1.54) is 36.4 Å². The Morgan fingerprint density at radius 2 is 1.83 bits per heavy atom. The van der Waals surface area contributed by atoms with E-state index in [4.69, 9.17) is 9.47 Å². The molecule has 0 spiro atoms. The fourth-order valence-corrected chi connectivity index (χ4v) is 7.32. The van der Waals surface area contributed by atoms with Crippen LogP contribution in [0.25, 0.3) is 27.7 Å². The number of carbonyl (C=O) groups is 2. The molecule has 3 aliphatic heterocycles. The van der Waals surface area contributed by atoms with Crippen LogP contribution in [0, 0.1) is 24.4 Å². The van der Waals surface area contributed by atoms with E-state index in [1.54, 1.807) is 24.8 Å². The first-order valence-electron chi connectivity index (χ1n) is 15.5. The zero-order valence-corrected chi connectivity index (χ0v) is 26.7. The van der Waals surface area contributed by atoms with Gasteiger partial charge in [0.1, 0.15) is 41.4 Å². The second-order valence-corrected chi connectivity index (χ2v) is 12.3. The summed E-state index contributed by atoms with van der Waals surface area (Å²) in [4.78, 5) is 50.1. The molecule has 13 heteroatoms. The molecule has 5 heterocycles. The number of benzene rings is 2. The quantitative estimate of drug-likeness (QED) is 0.228. The molecule has 7 rings (SSSR count). The van der Waals surface area contributed by atoms with Gasteiger partial charge in [-0.15, -0.1) is 0 Å². The van der Waals surface area contributed by atoms with Crippen molar-refractivity contribution in [3.63, 3.8) is 0 Å². The lowest BCUT2D eigenvalue weighted by Gasteiger charge is -2.51. The van der Waals surface area contributed by atoms with Crippen LogP contribution < -0.4 is 20.1 Å². The second kappa shape index (κ2) is 11.4. The number of aryl methyl sites for hydroxylation is 1. The van der Waals surface area contributed by atoms with Crippen molar-refractivity contribution < 1.29 is 32.2 Å². The van der Waals surface area contributed by atoms with Crippen LogP contribution in [0.2, 0.25) is 0 Å². The van der Waals surface area contributed by atoms with Crippen LogP contribution in [0.15, 0.2) is 54.0 Å². The fraction of sp³-hybridized carbons (Fsp3) is 0.314. The van der Waals surface area contributed by atoms with Crippen molar-refractivity contribution in [2.45, 2.75) is 39.0 Å². The van der Waals surface area contributed by atoms with Gasteiger partial charge in [0, 0.05) is 37.3 Å². The highest BCUT2D eigenvalue weighted by Gasteiger charge is 2.43. The van der Waals surface area contributed by atoms with Gasteiger partial charge in [-0.2, -0.15) is 0 Å². The van der Waals surface area contributed by atoms with E-state index >= 15 is 18.0 Å². The molecular weight excluding hydrogens is 627 g/mol. The summed E-state index contributed by atoms with van der Waals surface area (Å²) < 4.78 is 61.6. The molecule has 3 atom stereocenters. The molecule has 2 aromatic heterocycles. The topological polar surface area (TPSA) is 97.2 Å². The number of pyridine rings is 2. The summed E-state index contributed by atoms with van der Waals surface area (Å²) in [5.41, 5.74) is -0.849. The molecule has 0 N–H and O–H groups in total. The van der Waals surface area contributed by atoms with Crippen molar-refractivity contribution in [2.75, 3.05) is 43.1 Å². The van der Waals surface area contributed by atoms with E-state index < -0.39 is 52.3 Å². The van der Waals surface area contributed by atoms with E-state index in [0.717, 1.165) is 16.7 Å². The summed E-state index contributed by atoms with van der Waals surface area (Å²) in [6.45, 7) is 9.01. The van der Waals surface area contributed by atoms with Gasteiger partial charge in [-0.25, -0.2) is 13.2 Å². The Bertz CT molecular complexity index is 2120. The Kier molecular flexibility index (Phi) is 7.45. The highest BCUT2D eigenvalue weighted by atomic mass is 19.1. The molecule has 1 fully saturated rings. The summed E-state index contributed by atoms with van der Waals surface area (Å²) >= 11 is 0. The Labute approximate surface area is 273 Å². The van der Waals surface area contributed by atoms with Crippen LogP contribution in [0.1, 0.15) is 31.2 Å². The summed E-state index contributed by atoms with van der Waals surface area (Å²) in [7, 11) is 1.22. The van der Waals surface area contributed by atoms with E-state index in [1.807, 2.05) is 11.8 Å². The van der Waals surface area contributed by atoms with Crippen molar-refractivity contribution in [2.24, 2.45) is 0 Å². The van der Waals surface area contributed by atoms with Crippen molar-refractivity contribution in [1.29, 1.82) is 0 Å². The first-order chi connectivity index (χ1) is 23.0. The van der Waals surface area contributed by atoms with Crippen molar-refractivity contribution >= 4 is 34.2 Å². The molecule has 1 saturated heterocycles. The zero-order chi connectivity index (χ0) is 34.2. The lowest BCUT2D eigenvalue weighted by molar-refractivity contribution is -0.139. The number of esters is 1. The van der Waals surface area contributed by atoms with Gasteiger partial charge in [-0.05, 0) is 56.7 Å². The molecule has 0 aliphatic carbocycles. The normalized spacial score (nSPS) is 19.6. The third-order valence-corrected chi connectivity index (χ3v) is 9.47. The standard InChI is InChI=1S/C35H32F3N5O5/c1-6-25(44)41-15-20-14-40(16-26(45)47-5)34-33(42(20)13-18(41)3)21-12-23(37)28-27-22(36)8-7-9-24(27)48-19(4)30-31(17(2)10-11-39-30)43(35(34)46)32(21)29(28)38/h6-12,18-20H,1,13-16H2,2-5H3/t18-,19?,20+/m1/s1. The third kappa shape index (κ3) is 4.54. The van der Waals surface area contributed by atoms with Gasteiger partial charge < -0.3 is 24.2 Å². The number of amides is 1. The van der Waals surface area contributed by atoms with Gasteiger partial charge in [-0.1, -0.05) is 12.6 Å². The van der Waals surface area contributed by atoms with Crippen LogP contribution >= 0.6 is 0 Å². The minimum atomic E-state index is -1.17. The summed E-state index contributed by atoms with van der Waals surface area (Å²) in [5, 5.41) is 0.0276. The molecule has 2 aromatic carbocycles. The number of rotatable bonds is 3. The Morgan fingerprint density at radius 3 is 2.56 bits per heavy atom. The Morgan fingerprint density at radius 1 is 1.06 bits per heavy atom. The molecule has 4 aromatic rings. The minimum Gasteiger partial charge on any atom is -0.484 e. The first kappa shape index (κ1) is 31.3. The number of fused-ring (bicyclic) bond motifs is 9.